The molecule has 4 heteroatoms. The molecule has 0 aliphatic heterocycles. The lowest BCUT2D eigenvalue weighted by Crippen LogP contribution is -2.09. The van der Waals surface area contributed by atoms with Crippen LogP contribution in [0, 0.1) is 6.92 Å². The molecule has 0 aromatic heterocycles. The Bertz CT molecular complexity index is 705. The van der Waals surface area contributed by atoms with Crippen molar-refractivity contribution < 1.29 is 14.3 Å². The largest absolute Gasteiger partial charge is 0.426 e. The van der Waals surface area contributed by atoms with Gasteiger partial charge in [-0.05, 0) is 67.8 Å². The Morgan fingerprint density at radius 2 is 1.92 bits per heavy atom. The molecule has 0 spiro atoms. The molecule has 24 heavy (non-hydrogen) atoms. The minimum absolute atomic E-state index is 0.203. The molecule has 126 valence electrons. The lowest BCUT2D eigenvalue weighted by Gasteiger charge is -2.11. The molecule has 2 rings (SSSR count). The van der Waals surface area contributed by atoms with Crippen molar-refractivity contribution in [3.8, 4) is 5.75 Å². The first-order chi connectivity index (χ1) is 11.6. The van der Waals surface area contributed by atoms with Gasteiger partial charge in [-0.3, -0.25) is 0 Å². The van der Waals surface area contributed by atoms with E-state index in [9.17, 15) is 4.79 Å². The maximum atomic E-state index is 12.3. The lowest BCUT2D eigenvalue weighted by atomic mass is 10.2. The second-order valence-electron chi connectivity index (χ2n) is 5.48. The zero-order valence-corrected chi connectivity index (χ0v) is 14.7. The molecular formula is C20H21ClO3. The number of allylic oxidation sites excluding steroid dienone is 1. The van der Waals surface area contributed by atoms with E-state index >= 15 is 0 Å². The molecule has 0 aliphatic carbocycles. The summed E-state index contributed by atoms with van der Waals surface area (Å²) in [5, 5.41) is 0.571. The van der Waals surface area contributed by atoms with E-state index in [0.29, 0.717) is 16.3 Å². The third kappa shape index (κ3) is 5.74. The lowest BCUT2D eigenvalue weighted by molar-refractivity contribution is 0.0474. The molecule has 0 radical (unpaired) electrons. The number of esters is 1. The highest BCUT2D eigenvalue weighted by atomic mass is 35.5. The van der Waals surface area contributed by atoms with Crippen LogP contribution in [-0.2, 0) is 4.74 Å². The standard InChI is InChI=1S/C20H21ClO3/c1-3-4-5-9-19(23-18-8-6-7-15(2)14-18)24-20(22)16-10-12-17(21)13-11-16/h6-14H,3-5H2,1-2H3/b19-9-. The number of halogens is 1. The van der Waals surface area contributed by atoms with Gasteiger partial charge in [0.25, 0.3) is 5.95 Å². The van der Waals surface area contributed by atoms with E-state index in [4.69, 9.17) is 21.1 Å². The third-order valence-corrected chi connectivity index (χ3v) is 3.60. The van der Waals surface area contributed by atoms with Crippen molar-refractivity contribution in [2.45, 2.75) is 33.1 Å². The second kappa shape index (κ2) is 9.14. The van der Waals surface area contributed by atoms with Crippen LogP contribution in [0.25, 0.3) is 0 Å². The van der Waals surface area contributed by atoms with E-state index in [-0.39, 0.29) is 5.95 Å². The predicted molar refractivity (Wildman–Crippen MR) is 96.3 cm³/mol. The molecule has 0 bridgehead atoms. The number of carbonyl (C=O) groups is 1. The Morgan fingerprint density at radius 3 is 2.58 bits per heavy atom. The van der Waals surface area contributed by atoms with Gasteiger partial charge in [0.1, 0.15) is 5.75 Å². The minimum atomic E-state index is -0.470. The van der Waals surface area contributed by atoms with Gasteiger partial charge in [0.15, 0.2) is 0 Å². The van der Waals surface area contributed by atoms with Gasteiger partial charge in [-0.1, -0.05) is 37.1 Å². The van der Waals surface area contributed by atoms with E-state index in [1.54, 1.807) is 30.3 Å². The van der Waals surface area contributed by atoms with E-state index in [1.807, 2.05) is 31.2 Å². The topological polar surface area (TPSA) is 35.5 Å². The Hall–Kier alpha value is -2.26. The molecule has 0 fully saturated rings. The number of ether oxygens (including phenoxy) is 2. The first-order valence-corrected chi connectivity index (χ1v) is 8.38. The number of rotatable bonds is 7. The molecule has 3 nitrogen and oxygen atoms in total. The summed E-state index contributed by atoms with van der Waals surface area (Å²) in [5.41, 5.74) is 1.50. The minimum Gasteiger partial charge on any atom is -0.426 e. The van der Waals surface area contributed by atoms with Crippen molar-refractivity contribution >= 4 is 17.6 Å². The first kappa shape index (κ1) is 18.1. The van der Waals surface area contributed by atoms with Crippen molar-refractivity contribution in [3.05, 3.63) is 76.7 Å². The average Bonchev–Trinajstić information content (AvgIpc) is 2.55. The molecule has 0 aliphatic rings. The zero-order valence-electron chi connectivity index (χ0n) is 13.9. The van der Waals surface area contributed by atoms with Crippen LogP contribution in [0.1, 0.15) is 42.1 Å². The summed E-state index contributed by atoms with van der Waals surface area (Å²) in [4.78, 5) is 12.3. The Labute approximate surface area is 147 Å². The summed E-state index contributed by atoms with van der Waals surface area (Å²) >= 11 is 5.84. The van der Waals surface area contributed by atoms with Crippen LogP contribution >= 0.6 is 11.6 Å². The van der Waals surface area contributed by atoms with E-state index in [2.05, 4.69) is 6.92 Å². The number of aryl methyl sites for hydroxylation is 1. The summed E-state index contributed by atoms with van der Waals surface area (Å²) in [6.07, 6.45) is 4.64. The summed E-state index contributed by atoms with van der Waals surface area (Å²) in [7, 11) is 0. The highest BCUT2D eigenvalue weighted by molar-refractivity contribution is 6.30. The first-order valence-electron chi connectivity index (χ1n) is 8.01. The van der Waals surface area contributed by atoms with E-state index in [1.165, 1.54) is 0 Å². The average molecular weight is 345 g/mol. The highest BCUT2D eigenvalue weighted by Crippen LogP contribution is 2.19. The number of hydrogen-bond donors (Lipinski definition) is 0. The van der Waals surface area contributed by atoms with Crippen LogP contribution in [0.2, 0.25) is 5.02 Å². The quantitative estimate of drug-likeness (QED) is 0.355. The van der Waals surface area contributed by atoms with Gasteiger partial charge in [-0.25, -0.2) is 4.79 Å². The smallest absolute Gasteiger partial charge is 0.345 e. The molecule has 0 N–H and O–H groups in total. The van der Waals surface area contributed by atoms with Gasteiger partial charge >= 0.3 is 5.97 Å². The van der Waals surface area contributed by atoms with Gasteiger partial charge in [-0.2, -0.15) is 0 Å². The van der Waals surface area contributed by atoms with Crippen molar-refractivity contribution in [2.24, 2.45) is 0 Å². The van der Waals surface area contributed by atoms with Crippen molar-refractivity contribution in [2.75, 3.05) is 0 Å². The summed E-state index contributed by atoms with van der Waals surface area (Å²) < 4.78 is 11.2. The number of hydrogen-bond acceptors (Lipinski definition) is 3. The van der Waals surface area contributed by atoms with E-state index in [0.717, 1.165) is 24.8 Å². The van der Waals surface area contributed by atoms with Crippen LogP contribution in [0.4, 0.5) is 0 Å². The molecule has 2 aromatic carbocycles. The Kier molecular flexibility index (Phi) is 6.89. The summed E-state index contributed by atoms with van der Waals surface area (Å²) in [5.74, 6) is 0.373. The molecule has 0 atom stereocenters. The molecule has 0 amide bonds. The monoisotopic (exact) mass is 344 g/mol. The Morgan fingerprint density at radius 1 is 1.17 bits per heavy atom. The molecular weight excluding hydrogens is 324 g/mol. The fourth-order valence-electron chi connectivity index (χ4n) is 2.06. The molecule has 0 heterocycles. The molecule has 0 saturated carbocycles. The third-order valence-electron chi connectivity index (χ3n) is 3.35. The van der Waals surface area contributed by atoms with Crippen LogP contribution in [0.5, 0.6) is 5.75 Å². The predicted octanol–water partition coefficient (Wildman–Crippen LogP) is 5.92. The normalized spacial score (nSPS) is 11.2. The van der Waals surface area contributed by atoms with Gasteiger partial charge in [0, 0.05) is 5.02 Å². The van der Waals surface area contributed by atoms with Crippen LogP contribution < -0.4 is 4.74 Å². The van der Waals surface area contributed by atoms with Gasteiger partial charge in [0.05, 0.1) is 5.56 Å². The van der Waals surface area contributed by atoms with E-state index < -0.39 is 5.97 Å². The van der Waals surface area contributed by atoms with Gasteiger partial charge in [-0.15, -0.1) is 0 Å². The maximum Gasteiger partial charge on any atom is 0.345 e. The zero-order chi connectivity index (χ0) is 17.4. The number of benzene rings is 2. The van der Waals surface area contributed by atoms with Crippen LogP contribution in [0.15, 0.2) is 60.6 Å². The molecule has 0 unspecified atom stereocenters. The number of unbranched alkanes of at least 4 members (excludes halogenated alkanes) is 2. The Balaban J connectivity index is 2.12. The second-order valence-corrected chi connectivity index (χ2v) is 5.92. The van der Waals surface area contributed by atoms with Crippen molar-refractivity contribution in [1.29, 1.82) is 0 Å². The fourth-order valence-corrected chi connectivity index (χ4v) is 2.19. The maximum absolute atomic E-state index is 12.3. The van der Waals surface area contributed by atoms with Crippen LogP contribution in [-0.4, -0.2) is 5.97 Å². The highest BCUT2D eigenvalue weighted by Gasteiger charge is 2.12. The fraction of sp³-hybridized carbons (Fsp3) is 0.250. The molecule has 0 saturated heterocycles. The SMILES string of the molecule is CCCC/C=C(\OC(=O)c1ccc(Cl)cc1)Oc1cccc(C)c1. The summed E-state index contributed by atoms with van der Waals surface area (Å²) in [6.45, 7) is 4.09. The van der Waals surface area contributed by atoms with Crippen molar-refractivity contribution in [3.63, 3.8) is 0 Å². The molecule has 2 aromatic rings. The number of carbonyl (C=O) groups excluding carboxylic acids is 1. The van der Waals surface area contributed by atoms with Crippen molar-refractivity contribution in [1.82, 2.24) is 0 Å². The van der Waals surface area contributed by atoms with Crippen LogP contribution in [0.3, 0.4) is 0 Å². The van der Waals surface area contributed by atoms with Gasteiger partial charge < -0.3 is 9.47 Å². The van der Waals surface area contributed by atoms with Gasteiger partial charge in [0.2, 0.25) is 0 Å². The summed E-state index contributed by atoms with van der Waals surface area (Å²) in [6, 6.07) is 14.2.